The molecule has 0 radical (unpaired) electrons. The maximum Gasteiger partial charge on any atom is 0.286 e. The number of hydrazine groups is 1. The monoisotopic (exact) mass is 326 g/mol. The van der Waals surface area contributed by atoms with Gasteiger partial charge in [-0.15, -0.1) is 0 Å². The lowest BCUT2D eigenvalue weighted by Gasteiger charge is -2.07. The first-order valence-corrected chi connectivity index (χ1v) is 6.68. The zero-order valence-electron chi connectivity index (χ0n) is 12.0. The van der Waals surface area contributed by atoms with E-state index >= 15 is 0 Å². The fourth-order valence-corrected chi connectivity index (χ4v) is 1.98. The number of H-pyrrole nitrogens is 2. The van der Waals surface area contributed by atoms with Gasteiger partial charge in [0.25, 0.3) is 17.4 Å². The van der Waals surface area contributed by atoms with Crippen molar-refractivity contribution in [3.63, 3.8) is 0 Å². The van der Waals surface area contributed by atoms with Gasteiger partial charge in [0.2, 0.25) is 5.43 Å². The number of hydrogen-bond acceptors (Lipinski definition) is 6. The SMILES string of the molecule is O=C(NNC(=O)c1ccn[nH]c1=O)c1cc(=O)c2ncccc2[nH]1. The highest BCUT2D eigenvalue weighted by atomic mass is 16.2. The third-order valence-corrected chi connectivity index (χ3v) is 3.09. The molecule has 3 heterocycles. The second-order valence-corrected chi connectivity index (χ2v) is 4.65. The number of rotatable bonds is 2. The van der Waals surface area contributed by atoms with E-state index in [1.165, 1.54) is 18.5 Å². The van der Waals surface area contributed by atoms with Gasteiger partial charge in [0.15, 0.2) is 0 Å². The highest BCUT2D eigenvalue weighted by molar-refractivity contribution is 5.98. The summed E-state index contributed by atoms with van der Waals surface area (Å²) in [5.41, 5.74) is 3.35. The third kappa shape index (κ3) is 2.88. The molecular weight excluding hydrogens is 316 g/mol. The molecule has 0 aromatic carbocycles. The highest BCUT2D eigenvalue weighted by Gasteiger charge is 2.13. The standard InChI is InChI=1S/C14H10N6O4/c21-10-6-9(17-8-2-1-4-15-11(8)10)14(24)20-19-13(23)7-3-5-16-18-12(7)22/h1-6H,(H,17,21)(H,18,22)(H,19,23)(H,20,24). The topological polar surface area (TPSA) is 150 Å². The minimum absolute atomic E-state index is 0.0653. The Bertz CT molecular complexity index is 1050. The van der Waals surface area contributed by atoms with Gasteiger partial charge in [-0.2, -0.15) is 5.10 Å². The smallest absolute Gasteiger partial charge is 0.286 e. The molecule has 0 spiro atoms. The number of nitrogens with one attached hydrogen (secondary N) is 4. The van der Waals surface area contributed by atoms with E-state index in [9.17, 15) is 19.2 Å². The van der Waals surface area contributed by atoms with Gasteiger partial charge in [-0.3, -0.25) is 35.0 Å². The average molecular weight is 326 g/mol. The summed E-state index contributed by atoms with van der Waals surface area (Å²) in [5.74, 6) is -1.58. The normalized spacial score (nSPS) is 10.3. The number of pyridine rings is 2. The summed E-state index contributed by atoms with van der Waals surface area (Å²) >= 11 is 0. The number of aromatic amines is 2. The minimum atomic E-state index is -0.822. The van der Waals surface area contributed by atoms with Crippen molar-refractivity contribution in [2.24, 2.45) is 0 Å². The molecule has 0 saturated carbocycles. The lowest BCUT2D eigenvalue weighted by atomic mass is 10.2. The van der Waals surface area contributed by atoms with Crippen molar-refractivity contribution in [3.8, 4) is 0 Å². The lowest BCUT2D eigenvalue weighted by molar-refractivity contribution is 0.0843. The lowest BCUT2D eigenvalue weighted by Crippen LogP contribution is -2.43. The molecule has 10 heteroatoms. The van der Waals surface area contributed by atoms with Gasteiger partial charge in [0.05, 0.1) is 5.52 Å². The number of aromatic nitrogens is 4. The second kappa shape index (κ2) is 6.12. The van der Waals surface area contributed by atoms with Crippen molar-refractivity contribution in [2.45, 2.75) is 0 Å². The summed E-state index contributed by atoms with van der Waals surface area (Å²) in [6.45, 7) is 0. The zero-order chi connectivity index (χ0) is 17.1. The third-order valence-electron chi connectivity index (χ3n) is 3.09. The quantitative estimate of drug-likeness (QED) is 0.447. The fourth-order valence-electron chi connectivity index (χ4n) is 1.98. The van der Waals surface area contributed by atoms with Crippen molar-refractivity contribution in [1.29, 1.82) is 0 Å². The van der Waals surface area contributed by atoms with E-state index < -0.39 is 22.8 Å². The van der Waals surface area contributed by atoms with E-state index in [1.54, 1.807) is 12.1 Å². The maximum atomic E-state index is 12.0. The summed E-state index contributed by atoms with van der Waals surface area (Å²) < 4.78 is 0. The average Bonchev–Trinajstić information content (AvgIpc) is 2.59. The van der Waals surface area contributed by atoms with E-state index in [1.807, 2.05) is 0 Å². The molecule has 4 N–H and O–H groups in total. The molecule has 120 valence electrons. The first-order chi connectivity index (χ1) is 11.6. The summed E-state index contributed by atoms with van der Waals surface area (Å²) in [5, 5.41) is 5.55. The van der Waals surface area contributed by atoms with Crippen LogP contribution in [-0.2, 0) is 0 Å². The first kappa shape index (κ1) is 15.1. The fraction of sp³-hybridized carbons (Fsp3) is 0. The number of hydrogen-bond donors (Lipinski definition) is 4. The predicted octanol–water partition coefficient (Wildman–Crippen LogP) is -0.919. The van der Waals surface area contributed by atoms with Gasteiger partial charge in [-0.1, -0.05) is 0 Å². The second-order valence-electron chi connectivity index (χ2n) is 4.65. The van der Waals surface area contributed by atoms with Gasteiger partial charge in [0.1, 0.15) is 16.8 Å². The van der Waals surface area contributed by atoms with E-state index in [2.05, 4.69) is 31.0 Å². The molecule has 0 atom stereocenters. The largest absolute Gasteiger partial charge is 0.349 e. The van der Waals surface area contributed by atoms with Crippen molar-refractivity contribution in [2.75, 3.05) is 0 Å². The van der Waals surface area contributed by atoms with Crippen LogP contribution in [-0.4, -0.2) is 32.0 Å². The Morgan fingerprint density at radius 3 is 2.62 bits per heavy atom. The molecule has 10 nitrogen and oxygen atoms in total. The minimum Gasteiger partial charge on any atom is -0.349 e. The molecule has 2 amide bonds. The Morgan fingerprint density at radius 1 is 1.04 bits per heavy atom. The molecular formula is C14H10N6O4. The maximum absolute atomic E-state index is 12.0. The predicted molar refractivity (Wildman–Crippen MR) is 82.2 cm³/mol. The van der Waals surface area contributed by atoms with Crippen molar-refractivity contribution in [3.05, 3.63) is 68.5 Å². The Balaban J connectivity index is 1.78. The Labute approximate surface area is 132 Å². The van der Waals surface area contributed by atoms with Gasteiger partial charge < -0.3 is 4.98 Å². The summed E-state index contributed by atoms with van der Waals surface area (Å²) in [7, 11) is 0. The van der Waals surface area contributed by atoms with Crippen LogP contribution < -0.4 is 21.8 Å². The van der Waals surface area contributed by atoms with Crippen LogP contribution in [0, 0.1) is 0 Å². The molecule has 0 aliphatic rings. The van der Waals surface area contributed by atoms with Crippen molar-refractivity contribution < 1.29 is 9.59 Å². The number of fused-ring (bicyclic) bond motifs is 1. The van der Waals surface area contributed by atoms with Gasteiger partial charge >= 0.3 is 0 Å². The van der Waals surface area contributed by atoms with Crippen LogP contribution in [0.3, 0.4) is 0 Å². The molecule has 3 aromatic heterocycles. The van der Waals surface area contributed by atoms with E-state index in [0.717, 1.165) is 6.07 Å². The van der Waals surface area contributed by atoms with E-state index in [0.29, 0.717) is 5.52 Å². The molecule has 3 aromatic rings. The molecule has 0 saturated heterocycles. The molecule has 24 heavy (non-hydrogen) atoms. The molecule has 0 unspecified atom stereocenters. The van der Waals surface area contributed by atoms with Gasteiger partial charge in [-0.25, -0.2) is 5.10 Å². The summed E-state index contributed by atoms with van der Waals surface area (Å²) in [6.07, 6.45) is 2.69. The molecule has 0 aliphatic heterocycles. The van der Waals surface area contributed by atoms with Gasteiger partial charge in [-0.05, 0) is 18.2 Å². The van der Waals surface area contributed by atoms with Crippen LogP contribution >= 0.6 is 0 Å². The van der Waals surface area contributed by atoms with E-state index in [-0.39, 0.29) is 16.8 Å². The first-order valence-electron chi connectivity index (χ1n) is 6.68. The Kier molecular flexibility index (Phi) is 3.85. The number of nitrogens with zero attached hydrogens (tertiary/aromatic N) is 2. The summed E-state index contributed by atoms with van der Waals surface area (Å²) in [4.78, 5) is 53.9. The summed E-state index contributed by atoms with van der Waals surface area (Å²) in [6, 6.07) is 5.47. The van der Waals surface area contributed by atoms with Crippen LogP contribution in [0.2, 0.25) is 0 Å². The van der Waals surface area contributed by atoms with E-state index in [4.69, 9.17) is 0 Å². The highest BCUT2D eigenvalue weighted by Crippen LogP contribution is 2.04. The Hall–Kier alpha value is -3.82. The van der Waals surface area contributed by atoms with Crippen LogP contribution in [0.25, 0.3) is 11.0 Å². The van der Waals surface area contributed by atoms with Crippen LogP contribution in [0.15, 0.2) is 46.2 Å². The molecule has 0 fully saturated rings. The van der Waals surface area contributed by atoms with Gasteiger partial charge in [0, 0.05) is 18.5 Å². The number of carbonyl (C=O) groups excluding carboxylic acids is 2. The molecule has 0 bridgehead atoms. The molecule has 3 rings (SSSR count). The molecule has 0 aliphatic carbocycles. The van der Waals surface area contributed by atoms with Crippen molar-refractivity contribution in [1.82, 2.24) is 31.0 Å². The zero-order valence-corrected chi connectivity index (χ0v) is 12.0. The number of amides is 2. The van der Waals surface area contributed by atoms with Crippen LogP contribution in [0.1, 0.15) is 20.8 Å². The van der Waals surface area contributed by atoms with Crippen LogP contribution in [0.5, 0.6) is 0 Å². The van der Waals surface area contributed by atoms with Crippen molar-refractivity contribution >= 4 is 22.8 Å². The number of carbonyl (C=O) groups is 2. The van der Waals surface area contributed by atoms with Crippen LogP contribution in [0.4, 0.5) is 0 Å². The Morgan fingerprint density at radius 2 is 1.83 bits per heavy atom.